The fraction of sp³-hybridized carbons (Fsp3) is 0.944. The maximum absolute atomic E-state index is 4.89. The lowest BCUT2D eigenvalue weighted by atomic mass is 9.98. The van der Waals surface area contributed by atoms with Crippen LogP contribution in [0.4, 0.5) is 0 Å². The summed E-state index contributed by atoms with van der Waals surface area (Å²) < 4.78 is 0. The quantitative estimate of drug-likeness (QED) is 0.351. The van der Waals surface area contributed by atoms with Crippen LogP contribution in [0.2, 0.25) is 0 Å². The van der Waals surface area contributed by atoms with E-state index in [2.05, 4.69) is 22.5 Å². The van der Waals surface area contributed by atoms with Crippen molar-refractivity contribution in [1.82, 2.24) is 15.5 Å². The van der Waals surface area contributed by atoms with Gasteiger partial charge in [-0.2, -0.15) is 0 Å². The first-order valence-corrected chi connectivity index (χ1v) is 9.61. The molecule has 0 spiro atoms. The first-order chi connectivity index (χ1) is 10.9. The highest BCUT2D eigenvalue weighted by molar-refractivity contribution is 14.0. The van der Waals surface area contributed by atoms with Crippen molar-refractivity contribution in [2.24, 2.45) is 22.7 Å². The number of guanidine groups is 1. The average Bonchev–Trinajstić information content (AvgIpc) is 3.42. The van der Waals surface area contributed by atoms with Crippen molar-refractivity contribution in [1.29, 1.82) is 0 Å². The molecular weight excluding hydrogens is 399 g/mol. The summed E-state index contributed by atoms with van der Waals surface area (Å²) in [6.07, 6.45) is 9.98. The number of aliphatic imine (C=N–C) groups is 1. The van der Waals surface area contributed by atoms with Crippen molar-refractivity contribution in [2.45, 2.75) is 51.9 Å². The Morgan fingerprint density at radius 1 is 1.04 bits per heavy atom. The zero-order valence-corrected chi connectivity index (χ0v) is 17.1. The lowest BCUT2D eigenvalue weighted by molar-refractivity contribution is 0.232. The summed E-state index contributed by atoms with van der Waals surface area (Å²) in [5.74, 6) is 3.89. The highest BCUT2D eigenvalue weighted by Crippen LogP contribution is 2.49. The molecule has 134 valence electrons. The maximum Gasteiger partial charge on any atom is 0.191 e. The van der Waals surface area contributed by atoms with Crippen molar-refractivity contribution in [3.05, 3.63) is 0 Å². The molecule has 1 saturated heterocycles. The molecule has 0 amide bonds. The summed E-state index contributed by atoms with van der Waals surface area (Å²) in [5, 5.41) is 6.95. The van der Waals surface area contributed by atoms with Crippen molar-refractivity contribution < 1.29 is 0 Å². The van der Waals surface area contributed by atoms with E-state index in [1.807, 2.05) is 0 Å². The predicted molar refractivity (Wildman–Crippen MR) is 109 cm³/mol. The van der Waals surface area contributed by atoms with Gasteiger partial charge in [-0.25, -0.2) is 0 Å². The fourth-order valence-corrected chi connectivity index (χ4v) is 3.79. The van der Waals surface area contributed by atoms with Crippen LogP contribution in [0.3, 0.4) is 0 Å². The molecule has 2 aliphatic carbocycles. The second-order valence-electron chi connectivity index (χ2n) is 7.39. The number of nitrogens with zero attached hydrogens (tertiary/aromatic N) is 2. The Hall–Kier alpha value is -0.0400. The van der Waals surface area contributed by atoms with Gasteiger partial charge in [0.15, 0.2) is 5.96 Å². The summed E-state index contributed by atoms with van der Waals surface area (Å²) in [6, 6.07) is 0. The van der Waals surface area contributed by atoms with Gasteiger partial charge in [-0.3, -0.25) is 4.99 Å². The second kappa shape index (κ2) is 10.1. The molecule has 2 N–H and O–H groups in total. The minimum Gasteiger partial charge on any atom is -0.357 e. The van der Waals surface area contributed by atoms with E-state index in [9.17, 15) is 0 Å². The molecule has 23 heavy (non-hydrogen) atoms. The van der Waals surface area contributed by atoms with Crippen LogP contribution in [-0.2, 0) is 0 Å². The number of nitrogens with one attached hydrogen (secondary N) is 2. The van der Waals surface area contributed by atoms with Gasteiger partial charge in [0.1, 0.15) is 0 Å². The minimum atomic E-state index is 0. The van der Waals surface area contributed by atoms with E-state index >= 15 is 0 Å². The molecule has 4 nitrogen and oxygen atoms in total. The molecule has 1 aliphatic heterocycles. The molecule has 3 rings (SSSR count). The van der Waals surface area contributed by atoms with Crippen LogP contribution >= 0.6 is 24.0 Å². The Bertz CT molecular complexity index is 348. The predicted octanol–water partition coefficient (Wildman–Crippen LogP) is 3.08. The third-order valence-electron chi connectivity index (χ3n) is 5.43. The highest BCUT2D eigenvalue weighted by atomic mass is 127. The van der Waals surface area contributed by atoms with E-state index < -0.39 is 0 Å². The lowest BCUT2D eigenvalue weighted by Gasteiger charge is -2.26. The Morgan fingerprint density at radius 2 is 1.70 bits per heavy atom. The van der Waals surface area contributed by atoms with Gasteiger partial charge in [-0.05, 0) is 76.3 Å². The molecule has 0 radical (unpaired) electrons. The third-order valence-corrected chi connectivity index (χ3v) is 5.43. The standard InChI is InChI=1S/C18H34N4.HI/c1-2-19-18(20-10-13-22-11-4-3-5-12-22)21-14-17(15-6-7-15)16-8-9-16;/h15-17H,2-14H2,1H3,(H2,19,20,21);1H. The number of hydrogen-bond donors (Lipinski definition) is 2. The summed E-state index contributed by atoms with van der Waals surface area (Å²) in [4.78, 5) is 7.48. The van der Waals surface area contributed by atoms with Gasteiger partial charge in [0.2, 0.25) is 0 Å². The van der Waals surface area contributed by atoms with Gasteiger partial charge < -0.3 is 15.5 Å². The van der Waals surface area contributed by atoms with E-state index in [4.69, 9.17) is 4.99 Å². The second-order valence-corrected chi connectivity index (χ2v) is 7.39. The highest BCUT2D eigenvalue weighted by Gasteiger charge is 2.41. The molecule has 2 saturated carbocycles. The number of piperidine rings is 1. The molecule has 0 aromatic heterocycles. The monoisotopic (exact) mass is 434 g/mol. The van der Waals surface area contributed by atoms with Crippen molar-refractivity contribution in [2.75, 3.05) is 39.3 Å². The first kappa shape index (κ1) is 19.3. The summed E-state index contributed by atoms with van der Waals surface area (Å²) in [5.41, 5.74) is 0. The average molecular weight is 434 g/mol. The van der Waals surface area contributed by atoms with E-state index in [-0.39, 0.29) is 24.0 Å². The van der Waals surface area contributed by atoms with Gasteiger partial charge in [0.05, 0.1) is 0 Å². The van der Waals surface area contributed by atoms with E-state index in [1.165, 1.54) is 58.0 Å². The van der Waals surface area contributed by atoms with Gasteiger partial charge in [-0.1, -0.05) is 6.42 Å². The zero-order valence-electron chi connectivity index (χ0n) is 14.7. The summed E-state index contributed by atoms with van der Waals surface area (Å²) in [7, 11) is 0. The van der Waals surface area contributed by atoms with Gasteiger partial charge >= 0.3 is 0 Å². The zero-order chi connectivity index (χ0) is 15.2. The topological polar surface area (TPSA) is 39.7 Å². The van der Waals surface area contributed by atoms with Crippen LogP contribution < -0.4 is 10.6 Å². The van der Waals surface area contributed by atoms with Crippen LogP contribution in [0.15, 0.2) is 4.99 Å². The Labute approximate surface area is 159 Å². The molecule has 0 unspecified atom stereocenters. The summed E-state index contributed by atoms with van der Waals surface area (Å²) in [6.45, 7) is 8.87. The molecule has 0 aromatic carbocycles. The number of rotatable bonds is 8. The molecule has 0 atom stereocenters. The van der Waals surface area contributed by atoms with Crippen LogP contribution in [0.5, 0.6) is 0 Å². The minimum absolute atomic E-state index is 0. The summed E-state index contributed by atoms with van der Waals surface area (Å²) >= 11 is 0. The normalized spacial score (nSPS) is 22.8. The number of hydrogen-bond acceptors (Lipinski definition) is 2. The smallest absolute Gasteiger partial charge is 0.191 e. The molecule has 3 aliphatic rings. The molecule has 1 heterocycles. The largest absolute Gasteiger partial charge is 0.357 e. The van der Waals surface area contributed by atoms with Crippen LogP contribution in [0.25, 0.3) is 0 Å². The molecule has 0 aromatic rings. The first-order valence-electron chi connectivity index (χ1n) is 9.61. The SMILES string of the molecule is CCNC(=NCC(C1CC1)C1CC1)NCCN1CCCCC1.I. The van der Waals surface area contributed by atoms with Crippen molar-refractivity contribution in [3.8, 4) is 0 Å². The van der Waals surface area contributed by atoms with E-state index in [0.29, 0.717) is 0 Å². The van der Waals surface area contributed by atoms with Crippen LogP contribution in [0.1, 0.15) is 51.9 Å². The van der Waals surface area contributed by atoms with Crippen molar-refractivity contribution in [3.63, 3.8) is 0 Å². The van der Waals surface area contributed by atoms with Crippen molar-refractivity contribution >= 4 is 29.9 Å². The van der Waals surface area contributed by atoms with Crippen LogP contribution in [0, 0.1) is 17.8 Å². The van der Waals surface area contributed by atoms with Gasteiger partial charge in [0.25, 0.3) is 0 Å². The third kappa shape index (κ3) is 6.77. The van der Waals surface area contributed by atoms with Crippen LogP contribution in [-0.4, -0.2) is 50.1 Å². The Morgan fingerprint density at radius 3 is 2.26 bits per heavy atom. The number of likely N-dealkylation sites (tertiary alicyclic amines) is 1. The molecular formula is C18H35IN4. The molecule has 5 heteroatoms. The molecule has 3 fully saturated rings. The van der Waals surface area contributed by atoms with Gasteiger partial charge in [-0.15, -0.1) is 24.0 Å². The van der Waals surface area contributed by atoms with E-state index in [1.54, 1.807) is 0 Å². The fourth-order valence-electron chi connectivity index (χ4n) is 3.79. The molecule has 0 bridgehead atoms. The Kier molecular flexibility index (Phi) is 8.44. The van der Waals surface area contributed by atoms with E-state index in [0.717, 1.165) is 49.9 Å². The maximum atomic E-state index is 4.89. The lowest BCUT2D eigenvalue weighted by Crippen LogP contribution is -2.43. The Balaban J connectivity index is 0.00000192. The number of halogens is 1. The van der Waals surface area contributed by atoms with Gasteiger partial charge in [0, 0.05) is 26.2 Å².